The van der Waals surface area contributed by atoms with Crippen LogP contribution in [0.4, 0.5) is 5.69 Å². The molecular formula is C14H15N3O. The van der Waals surface area contributed by atoms with Crippen molar-refractivity contribution in [3.63, 3.8) is 0 Å². The highest BCUT2D eigenvalue weighted by atomic mass is 16.1. The number of carbonyl (C=O) groups is 1. The van der Waals surface area contributed by atoms with Gasteiger partial charge >= 0.3 is 0 Å². The van der Waals surface area contributed by atoms with Crippen molar-refractivity contribution in [1.82, 2.24) is 9.78 Å². The number of nitrogens with zero attached hydrogens (tertiary/aromatic N) is 2. The van der Waals surface area contributed by atoms with E-state index in [1.165, 1.54) is 5.56 Å². The van der Waals surface area contributed by atoms with Gasteiger partial charge in [0, 0.05) is 37.8 Å². The lowest BCUT2D eigenvalue weighted by atomic mass is 9.95. The average Bonchev–Trinajstić information content (AvgIpc) is 2.97. The Balaban J connectivity index is 1.77. The van der Waals surface area contributed by atoms with E-state index in [0.29, 0.717) is 12.1 Å². The Kier molecular flexibility index (Phi) is 2.63. The molecule has 4 heteroatoms. The van der Waals surface area contributed by atoms with E-state index in [2.05, 4.69) is 22.5 Å². The summed E-state index contributed by atoms with van der Waals surface area (Å²) < 4.78 is 1.66. The van der Waals surface area contributed by atoms with Gasteiger partial charge in [-0.05, 0) is 17.7 Å². The third-order valence-electron chi connectivity index (χ3n) is 3.37. The van der Waals surface area contributed by atoms with Crippen molar-refractivity contribution in [3.8, 4) is 0 Å². The molecule has 18 heavy (non-hydrogen) atoms. The molecule has 1 aliphatic heterocycles. The predicted octanol–water partition coefficient (Wildman–Crippen LogP) is 2.20. The lowest BCUT2D eigenvalue weighted by Gasteiger charge is -2.07. The molecule has 0 bridgehead atoms. The minimum absolute atomic E-state index is 0.110. The van der Waals surface area contributed by atoms with Crippen LogP contribution in [0.3, 0.4) is 0 Å². The highest BCUT2D eigenvalue weighted by Gasteiger charge is 2.25. The van der Waals surface area contributed by atoms with E-state index < -0.39 is 0 Å². The van der Waals surface area contributed by atoms with Crippen molar-refractivity contribution in [3.05, 3.63) is 47.8 Å². The molecule has 0 spiro atoms. The fourth-order valence-corrected chi connectivity index (χ4v) is 2.43. The molecule has 0 fully saturated rings. The SMILES string of the molecule is Cn1ccc(C(=O)CC2CNc3ccccc32)n1. The number of fused-ring (bicyclic) bond motifs is 1. The molecule has 1 N–H and O–H groups in total. The molecule has 0 saturated carbocycles. The van der Waals surface area contributed by atoms with Crippen molar-refractivity contribution in [2.75, 3.05) is 11.9 Å². The van der Waals surface area contributed by atoms with E-state index in [4.69, 9.17) is 0 Å². The van der Waals surface area contributed by atoms with Gasteiger partial charge in [-0.2, -0.15) is 5.10 Å². The number of benzene rings is 1. The summed E-state index contributed by atoms with van der Waals surface area (Å²) in [5, 5.41) is 7.49. The number of aryl methyl sites for hydroxylation is 1. The first-order valence-corrected chi connectivity index (χ1v) is 6.09. The molecule has 2 aromatic rings. The molecule has 1 atom stereocenters. The second kappa shape index (κ2) is 4.29. The lowest BCUT2D eigenvalue weighted by Crippen LogP contribution is -2.10. The molecule has 0 amide bonds. The summed E-state index contributed by atoms with van der Waals surface area (Å²) in [5.41, 5.74) is 2.94. The summed E-state index contributed by atoms with van der Waals surface area (Å²) in [6, 6.07) is 9.95. The van der Waals surface area contributed by atoms with E-state index >= 15 is 0 Å². The Morgan fingerprint density at radius 2 is 2.28 bits per heavy atom. The number of para-hydroxylation sites is 1. The molecule has 0 saturated heterocycles. The number of ketones is 1. The molecule has 3 rings (SSSR count). The number of hydrogen-bond acceptors (Lipinski definition) is 3. The number of anilines is 1. The fourth-order valence-electron chi connectivity index (χ4n) is 2.43. The van der Waals surface area contributed by atoms with Crippen LogP contribution in [0, 0.1) is 0 Å². The first-order valence-electron chi connectivity index (χ1n) is 6.09. The zero-order valence-electron chi connectivity index (χ0n) is 10.3. The Hall–Kier alpha value is -2.10. The maximum atomic E-state index is 12.1. The molecule has 1 aromatic heterocycles. The molecule has 2 heterocycles. The highest BCUT2D eigenvalue weighted by Crippen LogP contribution is 2.33. The summed E-state index contributed by atoms with van der Waals surface area (Å²) in [4.78, 5) is 12.1. The van der Waals surface area contributed by atoms with Crippen LogP contribution in [-0.2, 0) is 7.05 Å². The van der Waals surface area contributed by atoms with E-state index in [0.717, 1.165) is 12.2 Å². The number of hydrogen-bond donors (Lipinski definition) is 1. The Morgan fingerprint density at radius 3 is 3.06 bits per heavy atom. The number of rotatable bonds is 3. The standard InChI is InChI=1S/C14H15N3O/c1-17-7-6-13(16-17)14(18)8-10-9-15-12-5-3-2-4-11(10)12/h2-7,10,15H,8-9H2,1H3. The van der Waals surface area contributed by atoms with E-state index in [-0.39, 0.29) is 11.7 Å². The second-order valence-corrected chi connectivity index (χ2v) is 4.67. The summed E-state index contributed by atoms with van der Waals surface area (Å²) >= 11 is 0. The van der Waals surface area contributed by atoms with Crippen LogP contribution >= 0.6 is 0 Å². The van der Waals surface area contributed by atoms with Crippen LogP contribution in [0.2, 0.25) is 0 Å². The smallest absolute Gasteiger partial charge is 0.183 e. The van der Waals surface area contributed by atoms with Crippen molar-refractivity contribution < 1.29 is 4.79 Å². The Bertz CT molecular complexity index is 588. The van der Waals surface area contributed by atoms with Gasteiger partial charge < -0.3 is 5.32 Å². The van der Waals surface area contributed by atoms with Crippen LogP contribution < -0.4 is 5.32 Å². The van der Waals surface area contributed by atoms with Gasteiger partial charge in [-0.3, -0.25) is 9.48 Å². The van der Waals surface area contributed by atoms with Crippen molar-refractivity contribution in [1.29, 1.82) is 0 Å². The quantitative estimate of drug-likeness (QED) is 0.838. The molecule has 4 nitrogen and oxygen atoms in total. The Morgan fingerprint density at radius 1 is 1.44 bits per heavy atom. The van der Waals surface area contributed by atoms with Crippen LogP contribution in [-0.4, -0.2) is 22.1 Å². The van der Waals surface area contributed by atoms with E-state index in [9.17, 15) is 4.79 Å². The lowest BCUT2D eigenvalue weighted by molar-refractivity contribution is 0.0970. The average molecular weight is 241 g/mol. The molecule has 92 valence electrons. The van der Waals surface area contributed by atoms with Crippen LogP contribution in [0.1, 0.15) is 28.4 Å². The maximum absolute atomic E-state index is 12.1. The monoisotopic (exact) mass is 241 g/mol. The van der Waals surface area contributed by atoms with E-state index in [1.807, 2.05) is 19.2 Å². The molecule has 0 aliphatic carbocycles. The normalized spacial score (nSPS) is 17.3. The van der Waals surface area contributed by atoms with Gasteiger partial charge in [-0.1, -0.05) is 18.2 Å². The minimum atomic E-state index is 0.110. The van der Waals surface area contributed by atoms with Crippen molar-refractivity contribution >= 4 is 11.5 Å². The van der Waals surface area contributed by atoms with Crippen molar-refractivity contribution in [2.24, 2.45) is 7.05 Å². The molecule has 1 aliphatic rings. The van der Waals surface area contributed by atoms with Crippen molar-refractivity contribution in [2.45, 2.75) is 12.3 Å². The third-order valence-corrected chi connectivity index (χ3v) is 3.37. The molecule has 0 radical (unpaired) electrons. The van der Waals surface area contributed by atoms with Gasteiger partial charge in [0.2, 0.25) is 0 Å². The number of aromatic nitrogens is 2. The van der Waals surface area contributed by atoms with Crippen LogP contribution in [0.25, 0.3) is 0 Å². The largest absolute Gasteiger partial charge is 0.384 e. The summed E-state index contributed by atoms with van der Waals surface area (Å²) in [7, 11) is 1.82. The molecule has 1 aromatic carbocycles. The second-order valence-electron chi connectivity index (χ2n) is 4.67. The van der Waals surface area contributed by atoms with E-state index in [1.54, 1.807) is 16.9 Å². The number of Topliss-reactive ketones (excluding diaryl/α,β-unsaturated/α-hetero) is 1. The van der Waals surface area contributed by atoms with Gasteiger partial charge in [0.05, 0.1) is 0 Å². The summed E-state index contributed by atoms with van der Waals surface area (Å²) in [6.07, 6.45) is 2.31. The molecular weight excluding hydrogens is 226 g/mol. The number of carbonyl (C=O) groups excluding carboxylic acids is 1. The number of nitrogens with one attached hydrogen (secondary N) is 1. The summed E-state index contributed by atoms with van der Waals surface area (Å²) in [6.45, 7) is 0.831. The first kappa shape index (κ1) is 11.0. The zero-order valence-corrected chi connectivity index (χ0v) is 10.3. The topological polar surface area (TPSA) is 46.9 Å². The van der Waals surface area contributed by atoms with Gasteiger partial charge in [-0.25, -0.2) is 0 Å². The Labute approximate surface area is 106 Å². The van der Waals surface area contributed by atoms with Gasteiger partial charge in [0.15, 0.2) is 5.78 Å². The van der Waals surface area contributed by atoms with Gasteiger partial charge in [0.1, 0.15) is 5.69 Å². The van der Waals surface area contributed by atoms with Crippen LogP contribution in [0.15, 0.2) is 36.5 Å². The molecule has 1 unspecified atom stereocenters. The fraction of sp³-hybridized carbons (Fsp3) is 0.286. The predicted molar refractivity (Wildman–Crippen MR) is 69.8 cm³/mol. The minimum Gasteiger partial charge on any atom is -0.384 e. The van der Waals surface area contributed by atoms with Gasteiger partial charge in [0.25, 0.3) is 0 Å². The van der Waals surface area contributed by atoms with Crippen LogP contribution in [0.5, 0.6) is 0 Å². The van der Waals surface area contributed by atoms with Gasteiger partial charge in [-0.15, -0.1) is 0 Å². The first-order chi connectivity index (χ1) is 8.74. The highest BCUT2D eigenvalue weighted by molar-refractivity contribution is 5.95. The zero-order chi connectivity index (χ0) is 12.5. The third kappa shape index (κ3) is 1.90. The maximum Gasteiger partial charge on any atom is 0.183 e. The summed E-state index contributed by atoms with van der Waals surface area (Å²) in [5.74, 6) is 0.370.